The van der Waals surface area contributed by atoms with E-state index in [0.717, 1.165) is 44.9 Å². The topological polar surface area (TPSA) is 60.4 Å². The first-order valence-electron chi connectivity index (χ1n) is 13.9. The summed E-state index contributed by atoms with van der Waals surface area (Å²) in [5, 5.41) is 23.6. The average molecular weight is 456 g/mol. The number of aliphatic carboxylic acids is 1. The third-order valence-corrected chi connectivity index (χ3v) is 13.4. The first kappa shape index (κ1) is 23.9. The summed E-state index contributed by atoms with van der Waals surface area (Å²) in [6.07, 6.45) is 11.3. The van der Waals surface area contributed by atoms with Crippen molar-refractivity contribution in [1.82, 2.24) is 0 Å². The Morgan fingerprint density at radius 3 is 2.30 bits per heavy atom. The number of hydrogen-bond donors (Lipinski definition) is 1. The van der Waals surface area contributed by atoms with Crippen LogP contribution in [0.5, 0.6) is 0 Å². The van der Waals surface area contributed by atoms with Crippen LogP contribution < -0.4 is 5.11 Å². The first-order valence-corrected chi connectivity index (χ1v) is 13.9. The highest BCUT2D eigenvalue weighted by Crippen LogP contribution is 2.75. The number of rotatable bonds is 1. The lowest BCUT2D eigenvalue weighted by atomic mass is 9.33. The van der Waals surface area contributed by atoms with Gasteiger partial charge in [-0.25, -0.2) is 0 Å². The fraction of sp³-hybridized carbons (Fsp3) is 0.900. The molecule has 0 aromatic heterocycles. The van der Waals surface area contributed by atoms with Crippen molar-refractivity contribution in [3.63, 3.8) is 0 Å². The van der Waals surface area contributed by atoms with E-state index < -0.39 is 11.4 Å². The van der Waals surface area contributed by atoms with E-state index in [0.29, 0.717) is 23.7 Å². The SMILES string of the molecule is C[C@H]1[C@H](C)CC[C@]2(C(=O)[O-])CC[C@]3(C)C(=CC[C@@H]4[C@@]5(C)CC[C@H](O)C(C)(C)[C@@H]5CC[C@]43C)[C@H]12. The lowest BCUT2D eigenvalue weighted by molar-refractivity contribution is -0.327. The van der Waals surface area contributed by atoms with Crippen LogP contribution in [0.1, 0.15) is 106 Å². The van der Waals surface area contributed by atoms with Crippen LogP contribution in [-0.4, -0.2) is 17.2 Å². The summed E-state index contributed by atoms with van der Waals surface area (Å²) in [5.41, 5.74) is 1.24. The average Bonchev–Trinajstić information content (AvgIpc) is 2.74. The van der Waals surface area contributed by atoms with Gasteiger partial charge in [-0.1, -0.05) is 60.1 Å². The molecule has 10 atom stereocenters. The van der Waals surface area contributed by atoms with Crippen LogP contribution >= 0.6 is 0 Å². The van der Waals surface area contributed by atoms with E-state index in [2.05, 4.69) is 54.5 Å². The van der Waals surface area contributed by atoms with E-state index >= 15 is 0 Å². The minimum Gasteiger partial charge on any atom is -0.550 e. The summed E-state index contributed by atoms with van der Waals surface area (Å²) >= 11 is 0. The maximum atomic E-state index is 12.7. The van der Waals surface area contributed by atoms with Crippen molar-refractivity contribution in [2.24, 2.45) is 56.7 Å². The molecular weight excluding hydrogens is 408 g/mol. The highest BCUT2D eigenvalue weighted by atomic mass is 16.4. The predicted molar refractivity (Wildman–Crippen MR) is 130 cm³/mol. The van der Waals surface area contributed by atoms with Gasteiger partial charge in [-0.05, 0) is 109 Å². The zero-order chi connectivity index (χ0) is 24.2. The Balaban J connectivity index is 1.61. The number of carbonyl (C=O) groups excluding carboxylic acids is 1. The van der Waals surface area contributed by atoms with Crippen molar-refractivity contribution in [2.75, 3.05) is 0 Å². The molecule has 5 rings (SSSR count). The van der Waals surface area contributed by atoms with Crippen molar-refractivity contribution in [3.05, 3.63) is 11.6 Å². The molecule has 0 unspecified atom stereocenters. The molecule has 0 radical (unpaired) electrons. The van der Waals surface area contributed by atoms with Crippen LogP contribution in [0.15, 0.2) is 11.6 Å². The number of aliphatic hydroxyl groups excluding tert-OH is 1. The minimum atomic E-state index is -0.792. The van der Waals surface area contributed by atoms with Gasteiger partial charge in [0.25, 0.3) is 0 Å². The Kier molecular flexibility index (Phi) is 5.15. The Labute approximate surface area is 201 Å². The largest absolute Gasteiger partial charge is 0.550 e. The molecule has 0 spiro atoms. The maximum Gasteiger partial charge on any atom is 0.0594 e. The molecule has 5 aliphatic rings. The van der Waals surface area contributed by atoms with E-state index in [4.69, 9.17) is 0 Å². The Hall–Kier alpha value is -0.830. The summed E-state index contributed by atoms with van der Waals surface area (Å²) in [5.74, 6) is 1.42. The van der Waals surface area contributed by atoms with Gasteiger partial charge in [0.15, 0.2) is 0 Å². The van der Waals surface area contributed by atoms with Crippen LogP contribution in [0.25, 0.3) is 0 Å². The number of fused-ring (bicyclic) bond motifs is 7. The molecule has 186 valence electrons. The summed E-state index contributed by atoms with van der Waals surface area (Å²) in [4.78, 5) is 12.7. The number of allylic oxidation sites excluding steroid dienone is 2. The van der Waals surface area contributed by atoms with Crippen molar-refractivity contribution < 1.29 is 15.0 Å². The van der Waals surface area contributed by atoms with Crippen LogP contribution in [0.3, 0.4) is 0 Å². The standard InChI is InChI=1S/C30H48O3/c1-18-10-15-30(25(32)33)17-16-28(6)20(24(30)19(18)2)8-9-22-27(5)13-12-23(31)26(3,4)21(27)11-14-29(22,28)7/h8,18-19,21-24,31H,9-17H2,1-7H3,(H,32,33)/p-1/t18-,19+,21+,22-,23+,24+,27+,28-,29-,30+/m1/s1. The van der Waals surface area contributed by atoms with Crippen molar-refractivity contribution in [2.45, 2.75) is 112 Å². The normalized spacial score (nSPS) is 55.3. The van der Waals surface area contributed by atoms with E-state index in [-0.39, 0.29) is 33.7 Å². The van der Waals surface area contributed by atoms with Gasteiger partial charge >= 0.3 is 0 Å². The number of aliphatic hydroxyl groups is 1. The second-order valence-electron chi connectivity index (χ2n) is 14.5. The molecule has 0 amide bonds. The number of carboxylic acid groups (broad SMARTS) is 1. The molecule has 0 saturated heterocycles. The highest BCUT2D eigenvalue weighted by molar-refractivity contribution is 5.74. The van der Waals surface area contributed by atoms with Gasteiger partial charge in [-0.15, -0.1) is 0 Å². The predicted octanol–water partition coefficient (Wildman–Crippen LogP) is 5.75. The van der Waals surface area contributed by atoms with Gasteiger partial charge in [0, 0.05) is 11.4 Å². The zero-order valence-corrected chi connectivity index (χ0v) is 22.2. The number of hydrogen-bond acceptors (Lipinski definition) is 3. The summed E-state index contributed by atoms with van der Waals surface area (Å²) < 4.78 is 0. The third-order valence-electron chi connectivity index (χ3n) is 13.4. The molecule has 1 N–H and O–H groups in total. The van der Waals surface area contributed by atoms with Crippen LogP contribution in [-0.2, 0) is 4.79 Å². The molecule has 5 aliphatic carbocycles. The van der Waals surface area contributed by atoms with Gasteiger partial charge < -0.3 is 15.0 Å². The Morgan fingerprint density at radius 1 is 0.939 bits per heavy atom. The second-order valence-corrected chi connectivity index (χ2v) is 14.5. The van der Waals surface area contributed by atoms with Crippen molar-refractivity contribution in [1.29, 1.82) is 0 Å². The molecule has 0 heterocycles. The molecule has 3 nitrogen and oxygen atoms in total. The molecular formula is C30H47O3-. The Bertz CT molecular complexity index is 874. The van der Waals surface area contributed by atoms with Crippen LogP contribution in [0.4, 0.5) is 0 Å². The van der Waals surface area contributed by atoms with Crippen LogP contribution in [0.2, 0.25) is 0 Å². The van der Waals surface area contributed by atoms with Gasteiger partial charge in [0.05, 0.1) is 6.10 Å². The van der Waals surface area contributed by atoms with Gasteiger partial charge in [0.2, 0.25) is 0 Å². The summed E-state index contributed by atoms with van der Waals surface area (Å²) in [6.45, 7) is 16.8. The fourth-order valence-corrected chi connectivity index (χ4v) is 10.8. The lowest BCUT2D eigenvalue weighted by Crippen LogP contribution is -2.66. The van der Waals surface area contributed by atoms with Crippen molar-refractivity contribution >= 4 is 5.97 Å². The Morgan fingerprint density at radius 2 is 1.64 bits per heavy atom. The summed E-state index contributed by atoms with van der Waals surface area (Å²) in [6, 6.07) is 0. The molecule has 33 heavy (non-hydrogen) atoms. The molecule has 0 aromatic carbocycles. The fourth-order valence-electron chi connectivity index (χ4n) is 10.8. The van der Waals surface area contributed by atoms with Crippen LogP contribution in [0, 0.1) is 56.7 Å². The van der Waals surface area contributed by atoms with E-state index in [1.807, 2.05) is 0 Å². The molecule has 0 aliphatic heterocycles. The zero-order valence-electron chi connectivity index (χ0n) is 22.2. The maximum absolute atomic E-state index is 12.7. The second kappa shape index (κ2) is 7.11. The number of carboxylic acids is 1. The molecule has 0 bridgehead atoms. The minimum absolute atomic E-state index is 0.0385. The third kappa shape index (κ3) is 2.75. The van der Waals surface area contributed by atoms with E-state index in [9.17, 15) is 15.0 Å². The van der Waals surface area contributed by atoms with Gasteiger partial charge in [-0.3, -0.25) is 0 Å². The van der Waals surface area contributed by atoms with Crippen molar-refractivity contribution in [3.8, 4) is 0 Å². The first-order chi connectivity index (χ1) is 15.3. The number of carbonyl (C=O) groups is 1. The van der Waals surface area contributed by atoms with E-state index in [1.165, 1.54) is 18.4 Å². The molecule has 0 aromatic rings. The van der Waals surface area contributed by atoms with Gasteiger partial charge in [-0.2, -0.15) is 0 Å². The molecule has 4 fully saturated rings. The molecule has 4 saturated carbocycles. The smallest absolute Gasteiger partial charge is 0.0594 e. The monoisotopic (exact) mass is 455 g/mol. The summed E-state index contributed by atoms with van der Waals surface area (Å²) in [7, 11) is 0. The molecule has 3 heteroatoms. The quantitative estimate of drug-likeness (QED) is 0.512. The highest BCUT2D eigenvalue weighted by Gasteiger charge is 2.68. The lowest BCUT2D eigenvalue weighted by Gasteiger charge is -2.71. The van der Waals surface area contributed by atoms with Gasteiger partial charge in [0.1, 0.15) is 0 Å². The van der Waals surface area contributed by atoms with E-state index in [1.54, 1.807) is 0 Å².